The van der Waals surface area contributed by atoms with Crippen LogP contribution in [-0.4, -0.2) is 37.2 Å². The summed E-state index contributed by atoms with van der Waals surface area (Å²) in [6.45, 7) is 2.33. The Morgan fingerprint density at radius 1 is 1.23 bits per heavy atom. The van der Waals surface area contributed by atoms with Crippen LogP contribution in [0.3, 0.4) is 0 Å². The number of nitrogens with zero attached hydrogens (tertiary/aromatic N) is 1. The summed E-state index contributed by atoms with van der Waals surface area (Å²) >= 11 is 0. The molecule has 2 aliphatic rings. The van der Waals surface area contributed by atoms with Crippen molar-refractivity contribution in [3.63, 3.8) is 0 Å². The molecule has 0 bridgehead atoms. The summed E-state index contributed by atoms with van der Waals surface area (Å²) in [7, 11) is 2.16. The van der Waals surface area contributed by atoms with E-state index in [-0.39, 0.29) is 0 Å². The van der Waals surface area contributed by atoms with Gasteiger partial charge in [-0.3, -0.25) is 4.84 Å². The van der Waals surface area contributed by atoms with Crippen molar-refractivity contribution >= 4 is 0 Å². The van der Waals surface area contributed by atoms with Crippen molar-refractivity contribution in [1.82, 2.24) is 10.4 Å². The topological polar surface area (TPSA) is 24.5 Å². The first-order valence-electron chi connectivity index (χ1n) is 5.44. The molecule has 76 valence electrons. The second-order valence-electron chi connectivity index (χ2n) is 4.39. The first-order chi connectivity index (χ1) is 6.34. The molecular weight excluding hydrogens is 164 g/mol. The van der Waals surface area contributed by atoms with Gasteiger partial charge in [0.2, 0.25) is 0 Å². The van der Waals surface area contributed by atoms with E-state index in [0.29, 0.717) is 12.1 Å². The molecule has 1 aliphatic carbocycles. The maximum absolute atomic E-state index is 5.66. The molecule has 0 amide bonds. The Balaban J connectivity index is 1.62. The first-order valence-corrected chi connectivity index (χ1v) is 5.44. The zero-order valence-corrected chi connectivity index (χ0v) is 8.46. The van der Waals surface area contributed by atoms with E-state index in [9.17, 15) is 0 Å². The second kappa shape index (κ2) is 4.40. The van der Waals surface area contributed by atoms with Crippen LogP contribution in [0.2, 0.25) is 0 Å². The summed E-state index contributed by atoms with van der Waals surface area (Å²) in [6.07, 6.45) is 6.90. The smallest absolute Gasteiger partial charge is 0.0790 e. The number of hydroxylamine groups is 1. The molecule has 0 spiro atoms. The zero-order valence-electron chi connectivity index (χ0n) is 8.46. The van der Waals surface area contributed by atoms with E-state index in [4.69, 9.17) is 4.84 Å². The fourth-order valence-electron chi connectivity index (χ4n) is 2.23. The summed E-state index contributed by atoms with van der Waals surface area (Å²) in [6, 6.07) is 0.561. The van der Waals surface area contributed by atoms with Crippen molar-refractivity contribution in [1.29, 1.82) is 0 Å². The van der Waals surface area contributed by atoms with Gasteiger partial charge in [-0.25, -0.2) is 0 Å². The van der Waals surface area contributed by atoms with E-state index in [1.54, 1.807) is 0 Å². The molecule has 1 saturated carbocycles. The van der Waals surface area contributed by atoms with Crippen molar-refractivity contribution < 1.29 is 4.84 Å². The molecule has 1 aliphatic heterocycles. The molecular formula is C10H20N2O. The van der Waals surface area contributed by atoms with Crippen LogP contribution < -0.4 is 5.48 Å². The number of likely N-dealkylation sites (N-methyl/N-ethyl adjacent to an activating group) is 1. The lowest BCUT2D eigenvalue weighted by atomic mass is 10.3. The maximum Gasteiger partial charge on any atom is 0.0790 e. The fourth-order valence-corrected chi connectivity index (χ4v) is 2.23. The van der Waals surface area contributed by atoms with Gasteiger partial charge in [-0.05, 0) is 32.9 Å². The largest absolute Gasteiger partial charge is 0.305 e. The van der Waals surface area contributed by atoms with Crippen LogP contribution in [-0.2, 0) is 4.84 Å². The average molecular weight is 184 g/mol. The highest BCUT2D eigenvalue weighted by molar-refractivity contribution is 4.76. The normalized spacial score (nSPS) is 31.6. The number of rotatable bonds is 3. The Bertz CT molecular complexity index is 157. The van der Waals surface area contributed by atoms with Crippen LogP contribution in [0.15, 0.2) is 0 Å². The van der Waals surface area contributed by atoms with Crippen LogP contribution in [0.5, 0.6) is 0 Å². The van der Waals surface area contributed by atoms with Gasteiger partial charge in [-0.2, -0.15) is 5.48 Å². The van der Waals surface area contributed by atoms with Crippen molar-refractivity contribution in [2.24, 2.45) is 0 Å². The maximum atomic E-state index is 5.66. The molecule has 3 nitrogen and oxygen atoms in total. The van der Waals surface area contributed by atoms with E-state index in [1.165, 1.54) is 38.6 Å². The molecule has 0 radical (unpaired) electrons. The van der Waals surface area contributed by atoms with Crippen LogP contribution in [0.1, 0.15) is 32.1 Å². The fraction of sp³-hybridized carbons (Fsp3) is 1.00. The summed E-state index contributed by atoms with van der Waals surface area (Å²) < 4.78 is 0. The van der Waals surface area contributed by atoms with Crippen LogP contribution in [0.25, 0.3) is 0 Å². The Morgan fingerprint density at radius 3 is 2.62 bits per heavy atom. The second-order valence-corrected chi connectivity index (χ2v) is 4.39. The van der Waals surface area contributed by atoms with Gasteiger partial charge in [-0.1, -0.05) is 12.8 Å². The lowest BCUT2D eigenvalue weighted by Crippen LogP contribution is -2.34. The van der Waals surface area contributed by atoms with Gasteiger partial charge in [-0.15, -0.1) is 0 Å². The molecule has 1 N–H and O–H groups in total. The minimum absolute atomic E-state index is 0.492. The highest BCUT2D eigenvalue weighted by Gasteiger charge is 2.22. The van der Waals surface area contributed by atoms with E-state index in [1.807, 2.05) is 0 Å². The number of hydrogen-bond donors (Lipinski definition) is 1. The molecule has 0 aromatic carbocycles. The minimum Gasteiger partial charge on any atom is -0.305 e. The van der Waals surface area contributed by atoms with Gasteiger partial charge in [0.25, 0.3) is 0 Å². The monoisotopic (exact) mass is 184 g/mol. The molecule has 1 atom stereocenters. The molecule has 1 saturated heterocycles. The lowest BCUT2D eigenvalue weighted by molar-refractivity contribution is -0.0379. The SMILES string of the molecule is CN1CCC(NOC2CCCC2)C1. The van der Waals surface area contributed by atoms with E-state index < -0.39 is 0 Å². The van der Waals surface area contributed by atoms with Crippen LogP contribution in [0.4, 0.5) is 0 Å². The number of nitrogens with one attached hydrogen (secondary N) is 1. The lowest BCUT2D eigenvalue weighted by Gasteiger charge is -2.16. The third-order valence-corrected chi connectivity index (χ3v) is 3.09. The van der Waals surface area contributed by atoms with E-state index in [0.717, 1.165) is 6.54 Å². The highest BCUT2D eigenvalue weighted by atomic mass is 16.7. The van der Waals surface area contributed by atoms with E-state index >= 15 is 0 Å². The van der Waals surface area contributed by atoms with Crippen LogP contribution >= 0.6 is 0 Å². The number of hydrogen-bond acceptors (Lipinski definition) is 3. The Morgan fingerprint density at radius 2 is 2.00 bits per heavy atom. The van der Waals surface area contributed by atoms with Crippen LogP contribution in [0, 0.1) is 0 Å². The average Bonchev–Trinajstić information content (AvgIpc) is 2.71. The van der Waals surface area contributed by atoms with Crippen molar-refractivity contribution in [2.75, 3.05) is 20.1 Å². The van der Waals surface area contributed by atoms with Crippen molar-refractivity contribution in [3.8, 4) is 0 Å². The van der Waals surface area contributed by atoms with Crippen molar-refractivity contribution in [2.45, 2.75) is 44.2 Å². The molecule has 2 fully saturated rings. The Labute approximate surface area is 80.4 Å². The first kappa shape index (κ1) is 9.44. The van der Waals surface area contributed by atoms with Crippen molar-refractivity contribution in [3.05, 3.63) is 0 Å². The van der Waals surface area contributed by atoms with Gasteiger partial charge in [0, 0.05) is 12.6 Å². The predicted octanol–water partition coefficient (Wildman–Crippen LogP) is 1.15. The molecule has 0 aromatic rings. The molecule has 1 unspecified atom stereocenters. The third kappa shape index (κ3) is 2.66. The predicted molar refractivity (Wildman–Crippen MR) is 52.4 cm³/mol. The van der Waals surface area contributed by atoms with Gasteiger partial charge in [0.05, 0.1) is 6.10 Å². The van der Waals surface area contributed by atoms with Gasteiger partial charge >= 0.3 is 0 Å². The molecule has 13 heavy (non-hydrogen) atoms. The zero-order chi connectivity index (χ0) is 9.10. The summed E-state index contributed by atoms with van der Waals surface area (Å²) in [5, 5.41) is 0. The summed E-state index contributed by atoms with van der Waals surface area (Å²) in [5.74, 6) is 0. The van der Waals surface area contributed by atoms with Gasteiger partial charge in [0.15, 0.2) is 0 Å². The summed E-state index contributed by atoms with van der Waals surface area (Å²) in [5.41, 5.74) is 3.21. The molecule has 0 aromatic heterocycles. The minimum atomic E-state index is 0.492. The van der Waals surface area contributed by atoms with Gasteiger partial charge in [0.1, 0.15) is 0 Å². The van der Waals surface area contributed by atoms with Gasteiger partial charge < -0.3 is 4.90 Å². The standard InChI is InChI=1S/C10H20N2O/c1-12-7-6-9(8-12)11-13-10-4-2-3-5-10/h9-11H,2-8H2,1H3. The Hall–Kier alpha value is -0.120. The quantitative estimate of drug-likeness (QED) is 0.666. The Kier molecular flexibility index (Phi) is 3.19. The third-order valence-electron chi connectivity index (χ3n) is 3.09. The molecule has 2 rings (SSSR count). The summed E-state index contributed by atoms with van der Waals surface area (Å²) in [4.78, 5) is 8.00. The number of likely N-dealkylation sites (tertiary alicyclic amines) is 1. The molecule has 1 heterocycles. The van der Waals surface area contributed by atoms with E-state index in [2.05, 4.69) is 17.4 Å². The molecule has 3 heteroatoms. The highest BCUT2D eigenvalue weighted by Crippen LogP contribution is 2.20.